The van der Waals surface area contributed by atoms with E-state index < -0.39 is 11.6 Å². The first-order valence-corrected chi connectivity index (χ1v) is 6.20. The van der Waals surface area contributed by atoms with Crippen LogP contribution in [0.4, 0.5) is 10.5 Å². The van der Waals surface area contributed by atoms with Crippen LogP contribution in [0.3, 0.4) is 0 Å². The Bertz CT molecular complexity index is 479. The first-order chi connectivity index (χ1) is 9.23. The molecule has 7 nitrogen and oxygen atoms in total. The predicted octanol–water partition coefficient (Wildman–Crippen LogP) is 1.40. The van der Waals surface area contributed by atoms with Crippen molar-refractivity contribution in [2.45, 2.75) is 26.4 Å². The van der Waals surface area contributed by atoms with Crippen LogP contribution < -0.4 is 5.32 Å². The lowest BCUT2D eigenvalue weighted by molar-refractivity contribution is 0.0501. The number of amides is 2. The maximum Gasteiger partial charge on any atom is 0.354 e. The molecule has 0 spiro atoms. The number of carbonyl (C=O) groups excluding carboxylic acids is 1. The molecule has 0 unspecified atom stereocenters. The van der Waals surface area contributed by atoms with Crippen molar-refractivity contribution in [1.82, 2.24) is 9.88 Å². The Kier molecular flexibility index (Phi) is 5.04. The molecule has 3 N–H and O–H groups in total. The zero-order chi connectivity index (χ0) is 15.3. The summed E-state index contributed by atoms with van der Waals surface area (Å²) < 4.78 is 0. The van der Waals surface area contributed by atoms with E-state index >= 15 is 0 Å². The number of aromatic carboxylic acids is 1. The third-order valence-corrected chi connectivity index (χ3v) is 2.48. The molecule has 1 rings (SSSR count). The fourth-order valence-electron chi connectivity index (χ4n) is 1.59. The summed E-state index contributed by atoms with van der Waals surface area (Å²) in [6, 6.07) is 2.40. The molecular weight excluding hydrogens is 262 g/mol. The summed E-state index contributed by atoms with van der Waals surface area (Å²) in [5.41, 5.74) is -0.681. The molecule has 20 heavy (non-hydrogen) atoms. The van der Waals surface area contributed by atoms with Crippen LogP contribution in [-0.2, 0) is 0 Å². The van der Waals surface area contributed by atoms with Gasteiger partial charge < -0.3 is 20.4 Å². The molecule has 0 saturated heterocycles. The van der Waals surface area contributed by atoms with Gasteiger partial charge in [0.2, 0.25) is 0 Å². The molecule has 0 aliphatic carbocycles. The number of pyridine rings is 1. The third-order valence-electron chi connectivity index (χ3n) is 2.48. The average Bonchev–Trinajstić information content (AvgIpc) is 2.35. The van der Waals surface area contributed by atoms with Crippen LogP contribution in [-0.4, -0.2) is 50.8 Å². The van der Waals surface area contributed by atoms with Crippen molar-refractivity contribution in [2.24, 2.45) is 0 Å². The second kappa shape index (κ2) is 6.33. The van der Waals surface area contributed by atoms with Crippen LogP contribution in [0, 0.1) is 0 Å². The Morgan fingerprint density at radius 2 is 2.05 bits per heavy atom. The first-order valence-electron chi connectivity index (χ1n) is 6.20. The summed E-state index contributed by atoms with van der Waals surface area (Å²) >= 11 is 0. The van der Waals surface area contributed by atoms with Crippen LogP contribution >= 0.6 is 0 Å². The zero-order valence-electron chi connectivity index (χ0n) is 11.8. The van der Waals surface area contributed by atoms with Crippen molar-refractivity contribution in [2.75, 3.05) is 18.4 Å². The van der Waals surface area contributed by atoms with E-state index in [4.69, 9.17) is 5.11 Å². The maximum atomic E-state index is 12.0. The lowest BCUT2D eigenvalue weighted by atomic mass is 10.1. The van der Waals surface area contributed by atoms with Gasteiger partial charge in [0.1, 0.15) is 5.69 Å². The monoisotopic (exact) mass is 281 g/mol. The molecule has 0 aliphatic rings. The number of nitrogens with zero attached hydrogens (tertiary/aromatic N) is 2. The molecule has 0 saturated carbocycles. The van der Waals surface area contributed by atoms with Crippen LogP contribution in [0.2, 0.25) is 0 Å². The fraction of sp³-hybridized carbons (Fsp3) is 0.462. The maximum absolute atomic E-state index is 12.0. The standard InChI is InChI=1S/C13H19N3O4/c1-4-16(8-13(2,3)20)12(19)15-9-5-6-10(11(17)18)14-7-9/h5-7,20H,4,8H2,1-3H3,(H,15,19)(H,17,18). The number of anilines is 1. The summed E-state index contributed by atoms with van der Waals surface area (Å²) in [4.78, 5) is 27.8. The van der Waals surface area contributed by atoms with E-state index in [1.165, 1.54) is 23.2 Å². The molecule has 0 atom stereocenters. The van der Waals surface area contributed by atoms with Gasteiger partial charge >= 0.3 is 12.0 Å². The molecule has 0 aliphatic heterocycles. The van der Waals surface area contributed by atoms with Crippen molar-refractivity contribution in [1.29, 1.82) is 0 Å². The Morgan fingerprint density at radius 1 is 1.40 bits per heavy atom. The number of nitrogens with one attached hydrogen (secondary N) is 1. The van der Waals surface area contributed by atoms with E-state index in [1.807, 2.05) is 0 Å². The number of carbonyl (C=O) groups is 2. The van der Waals surface area contributed by atoms with Crippen molar-refractivity contribution in [3.8, 4) is 0 Å². The number of hydrogen-bond acceptors (Lipinski definition) is 4. The molecule has 0 radical (unpaired) electrons. The molecule has 0 fully saturated rings. The lowest BCUT2D eigenvalue weighted by Gasteiger charge is -2.28. The van der Waals surface area contributed by atoms with Gasteiger partial charge in [-0.2, -0.15) is 0 Å². The SMILES string of the molecule is CCN(CC(C)(C)O)C(=O)Nc1ccc(C(=O)O)nc1. The van der Waals surface area contributed by atoms with Crippen molar-refractivity contribution in [3.63, 3.8) is 0 Å². The minimum Gasteiger partial charge on any atom is -0.477 e. The van der Waals surface area contributed by atoms with E-state index in [0.29, 0.717) is 12.2 Å². The number of likely N-dealkylation sites (N-methyl/N-ethyl adjacent to an activating group) is 1. The van der Waals surface area contributed by atoms with Crippen LogP contribution in [0.1, 0.15) is 31.3 Å². The molecule has 0 aromatic carbocycles. The molecule has 2 amide bonds. The van der Waals surface area contributed by atoms with Gasteiger partial charge in [0.05, 0.1) is 24.0 Å². The van der Waals surface area contributed by atoms with Crippen LogP contribution in [0.5, 0.6) is 0 Å². The van der Waals surface area contributed by atoms with Gasteiger partial charge in [-0.1, -0.05) is 0 Å². The third kappa shape index (κ3) is 4.85. The Hall–Kier alpha value is -2.15. The molecule has 1 aromatic rings. The highest BCUT2D eigenvalue weighted by atomic mass is 16.4. The highest BCUT2D eigenvalue weighted by Gasteiger charge is 2.21. The lowest BCUT2D eigenvalue weighted by Crippen LogP contribution is -2.44. The van der Waals surface area contributed by atoms with E-state index in [2.05, 4.69) is 10.3 Å². The summed E-state index contributed by atoms with van der Waals surface area (Å²) in [7, 11) is 0. The number of carboxylic acid groups (broad SMARTS) is 1. The minimum atomic E-state index is -1.12. The fourth-order valence-corrected chi connectivity index (χ4v) is 1.59. The quantitative estimate of drug-likeness (QED) is 0.757. The van der Waals surface area contributed by atoms with E-state index in [-0.39, 0.29) is 18.3 Å². The number of aliphatic hydroxyl groups is 1. The topological polar surface area (TPSA) is 103 Å². The van der Waals surface area contributed by atoms with Gasteiger partial charge in [-0.15, -0.1) is 0 Å². The number of hydrogen-bond donors (Lipinski definition) is 3. The minimum absolute atomic E-state index is 0.0909. The Labute approximate surface area is 117 Å². The van der Waals surface area contributed by atoms with Crippen molar-refractivity contribution in [3.05, 3.63) is 24.0 Å². The molecule has 110 valence electrons. The van der Waals surface area contributed by atoms with E-state index in [9.17, 15) is 14.7 Å². The molecule has 0 bridgehead atoms. The normalized spacial score (nSPS) is 11.0. The van der Waals surface area contributed by atoms with Crippen LogP contribution in [0.25, 0.3) is 0 Å². The molecular formula is C13H19N3O4. The molecule has 1 heterocycles. The van der Waals surface area contributed by atoms with Crippen LogP contribution in [0.15, 0.2) is 18.3 Å². The van der Waals surface area contributed by atoms with Gasteiger partial charge in [-0.05, 0) is 32.9 Å². The number of aromatic nitrogens is 1. The number of rotatable bonds is 5. The summed E-state index contributed by atoms with van der Waals surface area (Å²) in [5, 5.41) is 21.1. The van der Waals surface area contributed by atoms with Crippen molar-refractivity contribution >= 4 is 17.7 Å². The van der Waals surface area contributed by atoms with E-state index in [1.54, 1.807) is 20.8 Å². The number of carboxylic acids is 1. The highest BCUT2D eigenvalue weighted by molar-refractivity contribution is 5.90. The summed E-state index contributed by atoms with van der Waals surface area (Å²) in [6.07, 6.45) is 1.28. The number of urea groups is 1. The van der Waals surface area contributed by atoms with Gasteiger partial charge in [0.25, 0.3) is 0 Å². The summed E-state index contributed by atoms with van der Waals surface area (Å²) in [5.74, 6) is -1.12. The Balaban J connectivity index is 2.71. The molecule has 7 heteroatoms. The predicted molar refractivity (Wildman–Crippen MR) is 73.8 cm³/mol. The van der Waals surface area contributed by atoms with Crippen molar-refractivity contribution < 1.29 is 19.8 Å². The highest BCUT2D eigenvalue weighted by Crippen LogP contribution is 2.10. The van der Waals surface area contributed by atoms with Gasteiger partial charge in [-0.3, -0.25) is 0 Å². The first kappa shape index (κ1) is 15.9. The smallest absolute Gasteiger partial charge is 0.354 e. The molecule has 1 aromatic heterocycles. The van der Waals surface area contributed by atoms with Gasteiger partial charge in [-0.25, -0.2) is 14.6 Å². The van der Waals surface area contributed by atoms with Gasteiger partial charge in [0, 0.05) is 6.54 Å². The van der Waals surface area contributed by atoms with Gasteiger partial charge in [0.15, 0.2) is 0 Å². The Morgan fingerprint density at radius 3 is 2.45 bits per heavy atom. The summed E-state index contributed by atoms with van der Waals surface area (Å²) in [6.45, 7) is 5.67. The second-order valence-electron chi connectivity index (χ2n) is 4.99. The zero-order valence-corrected chi connectivity index (χ0v) is 11.8. The second-order valence-corrected chi connectivity index (χ2v) is 4.99. The average molecular weight is 281 g/mol. The largest absolute Gasteiger partial charge is 0.477 e. The van der Waals surface area contributed by atoms with E-state index in [0.717, 1.165) is 0 Å².